The van der Waals surface area contributed by atoms with E-state index in [1.807, 2.05) is 11.8 Å². The summed E-state index contributed by atoms with van der Waals surface area (Å²) in [7, 11) is 0. The monoisotopic (exact) mass is 293 g/mol. The molecule has 0 aromatic heterocycles. The minimum Gasteiger partial charge on any atom is -0.378 e. The van der Waals surface area contributed by atoms with Crippen molar-refractivity contribution in [2.75, 3.05) is 18.9 Å². The highest BCUT2D eigenvalue weighted by molar-refractivity contribution is 7.99. The van der Waals surface area contributed by atoms with Crippen molar-refractivity contribution in [3.8, 4) is 0 Å². The van der Waals surface area contributed by atoms with Crippen molar-refractivity contribution in [3.05, 3.63) is 29.8 Å². The van der Waals surface area contributed by atoms with Crippen molar-refractivity contribution in [3.63, 3.8) is 0 Å². The van der Waals surface area contributed by atoms with E-state index in [4.69, 9.17) is 4.74 Å². The Labute approximate surface area is 127 Å². The maximum absolute atomic E-state index is 5.66. The second-order valence-electron chi connectivity index (χ2n) is 5.45. The van der Waals surface area contributed by atoms with E-state index in [0.717, 1.165) is 19.7 Å². The third-order valence-electron chi connectivity index (χ3n) is 3.62. The van der Waals surface area contributed by atoms with Crippen LogP contribution in [0.15, 0.2) is 29.2 Å². The molecule has 1 aliphatic rings. The summed E-state index contributed by atoms with van der Waals surface area (Å²) in [6.45, 7) is 5.26. The SMILES string of the molecule is CCCNCc1cccc(SCCCC2CCCO2)c1. The highest BCUT2D eigenvalue weighted by Gasteiger charge is 2.14. The highest BCUT2D eigenvalue weighted by Crippen LogP contribution is 2.23. The van der Waals surface area contributed by atoms with Gasteiger partial charge in [0.05, 0.1) is 6.10 Å². The fourth-order valence-electron chi connectivity index (χ4n) is 2.53. The van der Waals surface area contributed by atoms with E-state index in [1.165, 1.54) is 48.3 Å². The summed E-state index contributed by atoms with van der Waals surface area (Å²) in [4.78, 5) is 1.40. The fourth-order valence-corrected chi connectivity index (χ4v) is 3.48. The first-order valence-corrected chi connectivity index (χ1v) is 8.91. The number of rotatable bonds is 9. The second kappa shape index (κ2) is 9.43. The van der Waals surface area contributed by atoms with Crippen molar-refractivity contribution < 1.29 is 4.74 Å². The van der Waals surface area contributed by atoms with E-state index in [0.29, 0.717) is 6.10 Å². The Morgan fingerprint density at radius 2 is 2.35 bits per heavy atom. The number of benzene rings is 1. The first-order valence-electron chi connectivity index (χ1n) is 7.92. The number of hydrogen-bond donors (Lipinski definition) is 1. The van der Waals surface area contributed by atoms with Gasteiger partial charge in [-0.15, -0.1) is 11.8 Å². The molecule has 0 spiro atoms. The molecule has 3 heteroatoms. The molecule has 0 amide bonds. The summed E-state index contributed by atoms with van der Waals surface area (Å²) >= 11 is 1.97. The Morgan fingerprint density at radius 1 is 1.40 bits per heavy atom. The number of nitrogens with one attached hydrogen (secondary N) is 1. The molecule has 1 fully saturated rings. The van der Waals surface area contributed by atoms with Gasteiger partial charge in [0.15, 0.2) is 0 Å². The molecule has 20 heavy (non-hydrogen) atoms. The Hall–Kier alpha value is -0.510. The van der Waals surface area contributed by atoms with Crippen LogP contribution < -0.4 is 5.32 Å². The smallest absolute Gasteiger partial charge is 0.0576 e. The topological polar surface area (TPSA) is 21.3 Å². The Bertz CT molecular complexity index is 377. The van der Waals surface area contributed by atoms with Crippen LogP contribution >= 0.6 is 11.8 Å². The summed E-state index contributed by atoms with van der Waals surface area (Å²) in [5.41, 5.74) is 1.39. The standard InChI is InChI=1S/C17H27NOS/c1-2-10-18-14-15-6-3-9-17(13-15)20-12-5-8-16-7-4-11-19-16/h3,6,9,13,16,18H,2,4-5,7-8,10-12,14H2,1H3. The number of ether oxygens (including phenoxy) is 1. The molecule has 0 aliphatic carbocycles. The lowest BCUT2D eigenvalue weighted by atomic mass is 10.1. The van der Waals surface area contributed by atoms with E-state index < -0.39 is 0 Å². The van der Waals surface area contributed by atoms with E-state index in [-0.39, 0.29) is 0 Å². The van der Waals surface area contributed by atoms with Crippen LogP contribution in [-0.4, -0.2) is 25.0 Å². The molecule has 2 nitrogen and oxygen atoms in total. The van der Waals surface area contributed by atoms with Crippen LogP contribution in [-0.2, 0) is 11.3 Å². The van der Waals surface area contributed by atoms with Gasteiger partial charge < -0.3 is 10.1 Å². The first kappa shape index (κ1) is 15.9. The number of thioether (sulfide) groups is 1. The van der Waals surface area contributed by atoms with Gasteiger partial charge in [0.1, 0.15) is 0 Å². The van der Waals surface area contributed by atoms with Gasteiger partial charge in [0, 0.05) is 18.0 Å². The maximum atomic E-state index is 5.66. The molecule has 0 saturated carbocycles. The molecule has 1 aromatic rings. The van der Waals surface area contributed by atoms with Crippen LogP contribution in [0.5, 0.6) is 0 Å². The molecule has 1 aromatic carbocycles. The first-order chi connectivity index (χ1) is 9.88. The molecule has 0 radical (unpaired) electrons. The van der Waals surface area contributed by atoms with Crippen molar-refractivity contribution in [2.45, 2.75) is 56.6 Å². The summed E-state index contributed by atoms with van der Waals surface area (Å²) in [5.74, 6) is 1.20. The van der Waals surface area contributed by atoms with E-state index in [9.17, 15) is 0 Å². The maximum Gasteiger partial charge on any atom is 0.0576 e. The minimum absolute atomic E-state index is 0.542. The summed E-state index contributed by atoms with van der Waals surface area (Å²) < 4.78 is 5.66. The average Bonchev–Trinajstić information content (AvgIpc) is 2.98. The molecule has 2 rings (SSSR count). The van der Waals surface area contributed by atoms with Gasteiger partial charge in [-0.2, -0.15) is 0 Å². The third kappa shape index (κ3) is 5.86. The van der Waals surface area contributed by atoms with Gasteiger partial charge in [-0.3, -0.25) is 0 Å². The summed E-state index contributed by atoms with van der Waals surface area (Å²) in [6, 6.07) is 8.92. The van der Waals surface area contributed by atoms with E-state index >= 15 is 0 Å². The zero-order valence-electron chi connectivity index (χ0n) is 12.6. The molecule has 1 N–H and O–H groups in total. The van der Waals surface area contributed by atoms with Gasteiger partial charge in [-0.25, -0.2) is 0 Å². The van der Waals surface area contributed by atoms with Crippen LogP contribution in [0.1, 0.15) is 44.6 Å². The molecule has 0 bridgehead atoms. The highest BCUT2D eigenvalue weighted by atomic mass is 32.2. The zero-order valence-corrected chi connectivity index (χ0v) is 13.4. The molecule has 1 saturated heterocycles. The molecule has 1 aliphatic heterocycles. The fraction of sp³-hybridized carbons (Fsp3) is 0.647. The Morgan fingerprint density at radius 3 is 3.15 bits per heavy atom. The predicted molar refractivity (Wildman–Crippen MR) is 87.4 cm³/mol. The van der Waals surface area contributed by atoms with Crippen molar-refractivity contribution >= 4 is 11.8 Å². The summed E-state index contributed by atoms with van der Waals surface area (Å²) in [6.07, 6.45) is 6.74. The van der Waals surface area contributed by atoms with Gasteiger partial charge in [0.2, 0.25) is 0 Å². The van der Waals surface area contributed by atoms with Gasteiger partial charge in [-0.1, -0.05) is 19.1 Å². The lowest BCUT2D eigenvalue weighted by Crippen LogP contribution is -2.13. The quantitative estimate of drug-likeness (QED) is 0.543. The predicted octanol–water partition coefficient (Wildman–Crippen LogP) is 4.24. The largest absolute Gasteiger partial charge is 0.378 e. The molecule has 1 heterocycles. The minimum atomic E-state index is 0.542. The van der Waals surface area contributed by atoms with Crippen LogP contribution in [0, 0.1) is 0 Å². The molecule has 1 unspecified atom stereocenters. The van der Waals surface area contributed by atoms with E-state index in [2.05, 4.69) is 36.5 Å². The number of hydrogen-bond acceptors (Lipinski definition) is 3. The Kier molecular flexibility index (Phi) is 7.48. The van der Waals surface area contributed by atoms with Crippen molar-refractivity contribution in [1.29, 1.82) is 0 Å². The lowest BCUT2D eigenvalue weighted by Gasteiger charge is -2.09. The third-order valence-corrected chi connectivity index (χ3v) is 4.70. The molecular weight excluding hydrogens is 266 g/mol. The lowest BCUT2D eigenvalue weighted by molar-refractivity contribution is 0.104. The van der Waals surface area contributed by atoms with Crippen molar-refractivity contribution in [1.82, 2.24) is 5.32 Å². The van der Waals surface area contributed by atoms with Crippen molar-refractivity contribution in [2.24, 2.45) is 0 Å². The Balaban J connectivity index is 1.65. The van der Waals surface area contributed by atoms with Gasteiger partial charge in [0.25, 0.3) is 0 Å². The normalized spacial score (nSPS) is 18.6. The molecule has 1 atom stereocenters. The van der Waals surface area contributed by atoms with Gasteiger partial charge in [-0.05, 0) is 62.1 Å². The van der Waals surface area contributed by atoms with Crippen LogP contribution in [0.4, 0.5) is 0 Å². The van der Waals surface area contributed by atoms with Gasteiger partial charge >= 0.3 is 0 Å². The van der Waals surface area contributed by atoms with Crippen LogP contribution in [0.2, 0.25) is 0 Å². The van der Waals surface area contributed by atoms with Crippen LogP contribution in [0.25, 0.3) is 0 Å². The van der Waals surface area contributed by atoms with E-state index in [1.54, 1.807) is 0 Å². The molecule has 112 valence electrons. The second-order valence-corrected chi connectivity index (χ2v) is 6.62. The summed E-state index contributed by atoms with van der Waals surface area (Å²) in [5, 5.41) is 3.46. The zero-order chi connectivity index (χ0) is 14.0. The molecular formula is C17H27NOS. The van der Waals surface area contributed by atoms with Crippen LogP contribution in [0.3, 0.4) is 0 Å². The average molecular weight is 293 g/mol.